The third-order valence-corrected chi connectivity index (χ3v) is 3.39. The number of carbonyl (C=O) groups is 1. The molecule has 0 aromatic heterocycles. The van der Waals surface area contributed by atoms with E-state index in [1.807, 2.05) is 13.8 Å². The molecule has 0 radical (unpaired) electrons. The highest BCUT2D eigenvalue weighted by Gasteiger charge is 2.23. The number of amides is 1. The topological polar surface area (TPSA) is 55.1 Å². The van der Waals surface area contributed by atoms with Crippen LogP contribution in [0.15, 0.2) is 0 Å². The molecule has 3 unspecified atom stereocenters. The van der Waals surface area contributed by atoms with Crippen LogP contribution in [-0.4, -0.2) is 18.5 Å². The van der Waals surface area contributed by atoms with Gasteiger partial charge < -0.3 is 11.1 Å². The number of hydrogen-bond donors (Lipinski definition) is 2. The van der Waals surface area contributed by atoms with Gasteiger partial charge in [0.25, 0.3) is 0 Å². The Hall–Kier alpha value is -0.570. The first-order chi connectivity index (χ1) is 7.00. The molecule has 1 aliphatic rings. The summed E-state index contributed by atoms with van der Waals surface area (Å²) in [5.74, 6) is 1.71. The van der Waals surface area contributed by atoms with Crippen LogP contribution in [0.2, 0.25) is 0 Å². The normalized spacial score (nSPS) is 28.1. The summed E-state index contributed by atoms with van der Waals surface area (Å²) in [5, 5.41) is 2.96. The Kier molecular flexibility index (Phi) is 4.58. The second-order valence-electron chi connectivity index (χ2n) is 5.30. The Labute approximate surface area is 92.8 Å². The lowest BCUT2D eigenvalue weighted by Crippen LogP contribution is -2.45. The molecule has 3 nitrogen and oxygen atoms in total. The molecule has 0 aliphatic heterocycles. The maximum Gasteiger partial charge on any atom is 0.237 e. The van der Waals surface area contributed by atoms with Gasteiger partial charge in [0.05, 0.1) is 6.04 Å². The Morgan fingerprint density at radius 1 is 1.47 bits per heavy atom. The Balaban J connectivity index is 2.22. The van der Waals surface area contributed by atoms with Crippen LogP contribution in [0.5, 0.6) is 0 Å². The quantitative estimate of drug-likeness (QED) is 0.742. The van der Waals surface area contributed by atoms with Crippen LogP contribution >= 0.6 is 0 Å². The number of rotatable bonds is 4. The molecule has 1 amide bonds. The van der Waals surface area contributed by atoms with Crippen LogP contribution in [0.4, 0.5) is 0 Å². The molecule has 0 aromatic carbocycles. The van der Waals surface area contributed by atoms with E-state index in [0.29, 0.717) is 5.92 Å². The maximum atomic E-state index is 11.6. The average Bonchev–Trinajstić information content (AvgIpc) is 2.59. The van der Waals surface area contributed by atoms with Crippen molar-refractivity contribution in [1.82, 2.24) is 5.32 Å². The molecule has 0 spiro atoms. The van der Waals surface area contributed by atoms with Crippen molar-refractivity contribution in [2.75, 3.05) is 6.54 Å². The Bertz CT molecular complexity index is 216. The minimum Gasteiger partial charge on any atom is -0.354 e. The molecule has 1 fully saturated rings. The van der Waals surface area contributed by atoms with E-state index in [4.69, 9.17) is 5.73 Å². The van der Waals surface area contributed by atoms with Gasteiger partial charge in [-0.05, 0) is 30.6 Å². The zero-order valence-corrected chi connectivity index (χ0v) is 10.1. The molecule has 3 heteroatoms. The molecule has 15 heavy (non-hydrogen) atoms. The first-order valence-electron chi connectivity index (χ1n) is 6.04. The predicted molar refractivity (Wildman–Crippen MR) is 62.3 cm³/mol. The first kappa shape index (κ1) is 12.5. The van der Waals surface area contributed by atoms with Gasteiger partial charge in [-0.1, -0.05) is 27.2 Å². The van der Waals surface area contributed by atoms with Crippen LogP contribution in [0, 0.1) is 17.8 Å². The average molecular weight is 212 g/mol. The highest BCUT2D eigenvalue weighted by Crippen LogP contribution is 2.29. The molecule has 0 bridgehead atoms. The lowest BCUT2D eigenvalue weighted by Gasteiger charge is -2.17. The largest absolute Gasteiger partial charge is 0.354 e. The highest BCUT2D eigenvalue weighted by molar-refractivity contribution is 5.81. The van der Waals surface area contributed by atoms with E-state index >= 15 is 0 Å². The van der Waals surface area contributed by atoms with Gasteiger partial charge in [0.2, 0.25) is 5.91 Å². The minimum absolute atomic E-state index is 0.00422. The van der Waals surface area contributed by atoms with E-state index in [1.54, 1.807) is 0 Å². The van der Waals surface area contributed by atoms with Gasteiger partial charge in [0, 0.05) is 6.54 Å². The summed E-state index contributed by atoms with van der Waals surface area (Å²) in [7, 11) is 0. The van der Waals surface area contributed by atoms with Crippen LogP contribution in [0.25, 0.3) is 0 Å². The molecule has 3 atom stereocenters. The van der Waals surface area contributed by atoms with Gasteiger partial charge in [-0.2, -0.15) is 0 Å². The van der Waals surface area contributed by atoms with Crippen LogP contribution in [-0.2, 0) is 4.79 Å². The van der Waals surface area contributed by atoms with Gasteiger partial charge >= 0.3 is 0 Å². The molecule has 1 rings (SSSR count). The second-order valence-corrected chi connectivity index (χ2v) is 5.30. The van der Waals surface area contributed by atoms with Crippen molar-refractivity contribution in [3.8, 4) is 0 Å². The molecule has 88 valence electrons. The summed E-state index contributed by atoms with van der Waals surface area (Å²) in [6.45, 7) is 7.04. The SMILES string of the molecule is CC1CCC(CNC(=O)C(N)C(C)C)C1. The second kappa shape index (κ2) is 5.50. The summed E-state index contributed by atoms with van der Waals surface area (Å²) in [6.07, 6.45) is 3.80. The van der Waals surface area contributed by atoms with Crippen molar-refractivity contribution in [3.63, 3.8) is 0 Å². The number of nitrogens with two attached hydrogens (primary N) is 1. The molecule has 0 heterocycles. The van der Waals surface area contributed by atoms with Crippen molar-refractivity contribution in [2.24, 2.45) is 23.5 Å². The summed E-state index contributed by atoms with van der Waals surface area (Å²) in [4.78, 5) is 11.6. The van der Waals surface area contributed by atoms with Crippen LogP contribution in [0.3, 0.4) is 0 Å². The summed E-state index contributed by atoms with van der Waals surface area (Å²) < 4.78 is 0. The van der Waals surface area contributed by atoms with Gasteiger partial charge in [-0.3, -0.25) is 4.79 Å². The summed E-state index contributed by atoms with van der Waals surface area (Å²) in [5.41, 5.74) is 5.76. The Morgan fingerprint density at radius 2 is 2.13 bits per heavy atom. The molecular formula is C12H24N2O. The first-order valence-corrected chi connectivity index (χ1v) is 6.04. The van der Waals surface area contributed by atoms with Crippen molar-refractivity contribution < 1.29 is 4.79 Å². The fourth-order valence-corrected chi connectivity index (χ4v) is 2.18. The lowest BCUT2D eigenvalue weighted by atomic mass is 10.0. The number of hydrogen-bond acceptors (Lipinski definition) is 2. The molecule has 1 saturated carbocycles. The molecule has 1 aliphatic carbocycles. The number of nitrogens with one attached hydrogen (secondary N) is 1. The van der Waals surface area contributed by atoms with Gasteiger partial charge in [-0.15, -0.1) is 0 Å². The maximum absolute atomic E-state index is 11.6. The van der Waals surface area contributed by atoms with Crippen molar-refractivity contribution in [2.45, 2.75) is 46.1 Å². The van der Waals surface area contributed by atoms with E-state index in [-0.39, 0.29) is 17.9 Å². The highest BCUT2D eigenvalue weighted by atomic mass is 16.2. The zero-order valence-electron chi connectivity index (χ0n) is 10.1. The van der Waals surface area contributed by atoms with E-state index in [0.717, 1.165) is 12.5 Å². The van der Waals surface area contributed by atoms with E-state index in [1.165, 1.54) is 19.3 Å². The fraction of sp³-hybridized carbons (Fsp3) is 0.917. The van der Waals surface area contributed by atoms with Crippen LogP contribution in [0.1, 0.15) is 40.0 Å². The van der Waals surface area contributed by atoms with Crippen molar-refractivity contribution in [3.05, 3.63) is 0 Å². The van der Waals surface area contributed by atoms with E-state index in [2.05, 4.69) is 12.2 Å². The standard InChI is InChI=1S/C12H24N2O/c1-8(2)11(13)12(15)14-7-10-5-4-9(3)6-10/h8-11H,4-7,13H2,1-3H3,(H,14,15). The minimum atomic E-state index is -0.358. The third kappa shape index (κ3) is 3.82. The fourth-order valence-electron chi connectivity index (χ4n) is 2.18. The lowest BCUT2D eigenvalue weighted by molar-refractivity contribution is -0.123. The Morgan fingerprint density at radius 3 is 2.60 bits per heavy atom. The zero-order chi connectivity index (χ0) is 11.4. The smallest absolute Gasteiger partial charge is 0.237 e. The van der Waals surface area contributed by atoms with Crippen molar-refractivity contribution in [1.29, 1.82) is 0 Å². The van der Waals surface area contributed by atoms with Gasteiger partial charge in [0.1, 0.15) is 0 Å². The summed E-state index contributed by atoms with van der Waals surface area (Å²) >= 11 is 0. The van der Waals surface area contributed by atoms with E-state index < -0.39 is 0 Å². The van der Waals surface area contributed by atoms with Crippen LogP contribution < -0.4 is 11.1 Å². The predicted octanol–water partition coefficient (Wildman–Crippen LogP) is 1.52. The molecular weight excluding hydrogens is 188 g/mol. The van der Waals surface area contributed by atoms with E-state index in [9.17, 15) is 4.79 Å². The number of carbonyl (C=O) groups excluding carboxylic acids is 1. The van der Waals surface area contributed by atoms with Gasteiger partial charge in [0.15, 0.2) is 0 Å². The monoisotopic (exact) mass is 212 g/mol. The molecule has 3 N–H and O–H groups in total. The van der Waals surface area contributed by atoms with Crippen molar-refractivity contribution >= 4 is 5.91 Å². The third-order valence-electron chi connectivity index (χ3n) is 3.39. The molecule has 0 saturated heterocycles. The van der Waals surface area contributed by atoms with Gasteiger partial charge in [-0.25, -0.2) is 0 Å². The summed E-state index contributed by atoms with van der Waals surface area (Å²) in [6, 6.07) is -0.358. The molecule has 0 aromatic rings.